The lowest BCUT2D eigenvalue weighted by molar-refractivity contribution is 0.0660. The van der Waals surface area contributed by atoms with Gasteiger partial charge in [0.1, 0.15) is 11.6 Å². The van der Waals surface area contributed by atoms with E-state index >= 15 is 0 Å². The minimum absolute atomic E-state index is 0.136. The highest BCUT2D eigenvalue weighted by molar-refractivity contribution is 9.10. The van der Waals surface area contributed by atoms with Crippen LogP contribution in [0.2, 0.25) is 0 Å². The quantitative estimate of drug-likeness (QED) is 0.907. The number of hydrogen-bond acceptors (Lipinski definition) is 3. The number of nitrogens with one attached hydrogen (secondary N) is 1. The van der Waals surface area contributed by atoms with Crippen LogP contribution in [0.3, 0.4) is 0 Å². The predicted octanol–water partition coefficient (Wildman–Crippen LogP) is 3.49. The van der Waals surface area contributed by atoms with Crippen LogP contribution in [0.25, 0.3) is 0 Å². The van der Waals surface area contributed by atoms with Crippen LogP contribution in [0.15, 0.2) is 39.2 Å². The number of halogens is 2. The Morgan fingerprint density at radius 3 is 2.78 bits per heavy atom. The third kappa shape index (κ3) is 2.89. The monoisotopic (exact) mass is 313 g/mol. The molecule has 0 spiro atoms. The van der Waals surface area contributed by atoms with Crippen molar-refractivity contribution in [3.05, 3.63) is 52.1 Å². The maximum atomic E-state index is 13.5. The molecule has 0 saturated carbocycles. The Bertz CT molecular complexity index is 582. The predicted molar refractivity (Wildman–Crippen MR) is 67.1 cm³/mol. The summed E-state index contributed by atoms with van der Waals surface area (Å²) < 4.78 is 19.2. The molecule has 2 aromatic rings. The summed E-state index contributed by atoms with van der Waals surface area (Å²) in [6.45, 7) is 0.214. The van der Waals surface area contributed by atoms with Crippen molar-refractivity contribution < 1.29 is 18.7 Å². The molecule has 0 saturated heterocycles. The number of rotatable bonds is 4. The fraction of sp³-hybridized carbons (Fsp3) is 0.0833. The summed E-state index contributed by atoms with van der Waals surface area (Å²) in [6.07, 6.45) is 0. The lowest BCUT2D eigenvalue weighted by Gasteiger charge is -2.05. The Balaban J connectivity index is 2.04. The molecular formula is C12H9BrFNO3. The van der Waals surface area contributed by atoms with Crippen molar-refractivity contribution >= 4 is 27.6 Å². The summed E-state index contributed by atoms with van der Waals surface area (Å²) in [5.41, 5.74) is 0.325. The van der Waals surface area contributed by atoms with Gasteiger partial charge in [-0.2, -0.15) is 0 Å². The smallest absolute Gasteiger partial charge is 0.371 e. The number of carboxylic acid groups (broad SMARTS) is 1. The van der Waals surface area contributed by atoms with Gasteiger partial charge < -0.3 is 14.8 Å². The largest absolute Gasteiger partial charge is 0.475 e. The second-order valence-electron chi connectivity index (χ2n) is 3.55. The third-order valence-corrected chi connectivity index (χ3v) is 2.75. The van der Waals surface area contributed by atoms with E-state index in [2.05, 4.69) is 21.2 Å². The van der Waals surface area contributed by atoms with Gasteiger partial charge in [-0.05, 0) is 30.3 Å². The summed E-state index contributed by atoms with van der Waals surface area (Å²) in [5.74, 6) is -1.23. The fourth-order valence-electron chi connectivity index (χ4n) is 1.40. The fourth-order valence-corrected chi connectivity index (χ4v) is 1.74. The third-order valence-electron chi connectivity index (χ3n) is 2.26. The molecule has 0 aliphatic heterocycles. The van der Waals surface area contributed by atoms with E-state index < -0.39 is 11.8 Å². The summed E-state index contributed by atoms with van der Waals surface area (Å²) >= 11 is 3.16. The topological polar surface area (TPSA) is 62.5 Å². The number of carboxylic acids is 1. The molecule has 1 aromatic carbocycles. The standard InChI is InChI=1S/C12H9BrFNO3/c13-7-1-3-10(9(14)5-7)15-6-8-2-4-11(18-8)12(16)17/h1-5,15H,6H2,(H,16,17). The zero-order valence-electron chi connectivity index (χ0n) is 9.11. The van der Waals surface area contributed by atoms with Crippen molar-refractivity contribution in [2.75, 3.05) is 5.32 Å². The van der Waals surface area contributed by atoms with E-state index in [9.17, 15) is 9.18 Å². The van der Waals surface area contributed by atoms with Crippen LogP contribution in [0.5, 0.6) is 0 Å². The van der Waals surface area contributed by atoms with E-state index in [1.165, 1.54) is 18.2 Å². The molecule has 0 bridgehead atoms. The van der Waals surface area contributed by atoms with Gasteiger partial charge in [-0.3, -0.25) is 0 Å². The molecule has 0 aliphatic rings. The molecule has 0 amide bonds. The highest BCUT2D eigenvalue weighted by atomic mass is 79.9. The minimum Gasteiger partial charge on any atom is -0.475 e. The van der Waals surface area contributed by atoms with Gasteiger partial charge in [0, 0.05) is 4.47 Å². The first-order chi connectivity index (χ1) is 8.56. The molecule has 0 aliphatic carbocycles. The summed E-state index contributed by atoms with van der Waals surface area (Å²) in [6, 6.07) is 7.52. The molecule has 0 fully saturated rings. The molecular weight excluding hydrogens is 305 g/mol. The van der Waals surface area contributed by atoms with E-state index in [0.717, 1.165) is 0 Å². The molecule has 4 nitrogen and oxygen atoms in total. The van der Waals surface area contributed by atoms with E-state index in [0.29, 0.717) is 15.9 Å². The summed E-state index contributed by atoms with van der Waals surface area (Å²) in [4.78, 5) is 10.6. The highest BCUT2D eigenvalue weighted by Crippen LogP contribution is 2.20. The molecule has 6 heteroatoms. The van der Waals surface area contributed by atoms with Gasteiger partial charge in [0.15, 0.2) is 0 Å². The maximum absolute atomic E-state index is 13.5. The van der Waals surface area contributed by atoms with Gasteiger partial charge in [-0.15, -0.1) is 0 Å². The first-order valence-corrected chi connectivity index (χ1v) is 5.86. The SMILES string of the molecule is O=C(O)c1ccc(CNc2ccc(Br)cc2F)o1. The maximum Gasteiger partial charge on any atom is 0.371 e. The lowest BCUT2D eigenvalue weighted by Crippen LogP contribution is -2.00. The van der Waals surface area contributed by atoms with Crippen LogP contribution >= 0.6 is 15.9 Å². The molecule has 1 aromatic heterocycles. The Kier molecular flexibility index (Phi) is 3.66. The average molecular weight is 314 g/mol. The summed E-state index contributed by atoms with van der Waals surface area (Å²) in [7, 11) is 0. The van der Waals surface area contributed by atoms with Crippen LogP contribution in [-0.4, -0.2) is 11.1 Å². The van der Waals surface area contributed by atoms with Gasteiger partial charge in [0.2, 0.25) is 5.76 Å². The van der Waals surface area contributed by atoms with Crippen molar-refractivity contribution in [1.82, 2.24) is 0 Å². The van der Waals surface area contributed by atoms with Gasteiger partial charge >= 0.3 is 5.97 Å². The van der Waals surface area contributed by atoms with E-state index in [1.54, 1.807) is 12.1 Å². The van der Waals surface area contributed by atoms with E-state index in [1.807, 2.05) is 0 Å². The number of furan rings is 1. The molecule has 1 heterocycles. The number of anilines is 1. The Morgan fingerprint density at radius 2 is 2.17 bits per heavy atom. The number of hydrogen-bond donors (Lipinski definition) is 2. The Labute approximate surface area is 111 Å². The second-order valence-corrected chi connectivity index (χ2v) is 4.46. The van der Waals surface area contributed by atoms with E-state index in [4.69, 9.17) is 9.52 Å². The molecule has 0 atom stereocenters. The second kappa shape index (κ2) is 5.22. The Hall–Kier alpha value is -1.82. The minimum atomic E-state index is -1.13. The molecule has 2 N–H and O–H groups in total. The number of carbonyl (C=O) groups is 1. The van der Waals surface area contributed by atoms with Crippen LogP contribution in [0.4, 0.5) is 10.1 Å². The van der Waals surface area contributed by atoms with Crippen molar-refractivity contribution in [2.24, 2.45) is 0 Å². The van der Waals surface area contributed by atoms with Crippen LogP contribution in [0.1, 0.15) is 16.3 Å². The summed E-state index contributed by atoms with van der Waals surface area (Å²) in [5, 5.41) is 11.5. The zero-order valence-corrected chi connectivity index (χ0v) is 10.7. The molecule has 2 rings (SSSR count). The van der Waals surface area contributed by atoms with Crippen molar-refractivity contribution in [3.63, 3.8) is 0 Å². The molecule has 0 radical (unpaired) electrons. The van der Waals surface area contributed by atoms with Gasteiger partial charge in [0.25, 0.3) is 0 Å². The van der Waals surface area contributed by atoms with Crippen LogP contribution < -0.4 is 5.32 Å². The van der Waals surface area contributed by atoms with Gasteiger partial charge in [-0.25, -0.2) is 9.18 Å². The zero-order chi connectivity index (χ0) is 13.1. The lowest BCUT2D eigenvalue weighted by atomic mass is 10.3. The first kappa shape index (κ1) is 12.6. The highest BCUT2D eigenvalue weighted by Gasteiger charge is 2.09. The van der Waals surface area contributed by atoms with Crippen LogP contribution in [0, 0.1) is 5.82 Å². The van der Waals surface area contributed by atoms with E-state index in [-0.39, 0.29) is 12.3 Å². The Morgan fingerprint density at radius 1 is 1.39 bits per heavy atom. The molecule has 94 valence electrons. The average Bonchev–Trinajstić information content (AvgIpc) is 2.76. The molecule has 0 unspecified atom stereocenters. The normalized spacial score (nSPS) is 10.3. The van der Waals surface area contributed by atoms with Gasteiger partial charge in [0.05, 0.1) is 12.2 Å². The number of aromatic carboxylic acids is 1. The van der Waals surface area contributed by atoms with Crippen molar-refractivity contribution in [2.45, 2.75) is 6.54 Å². The van der Waals surface area contributed by atoms with Gasteiger partial charge in [-0.1, -0.05) is 15.9 Å². The number of benzene rings is 1. The molecule has 18 heavy (non-hydrogen) atoms. The van der Waals surface area contributed by atoms with Crippen molar-refractivity contribution in [3.8, 4) is 0 Å². The van der Waals surface area contributed by atoms with Crippen molar-refractivity contribution in [1.29, 1.82) is 0 Å². The first-order valence-electron chi connectivity index (χ1n) is 5.07. The van der Waals surface area contributed by atoms with Crippen LogP contribution in [-0.2, 0) is 6.54 Å².